The van der Waals surface area contributed by atoms with Crippen molar-refractivity contribution in [1.82, 2.24) is 9.55 Å². The third kappa shape index (κ3) is 3.67. The number of aromatic nitrogens is 2. The molecule has 0 bridgehead atoms. The van der Waals surface area contributed by atoms with Crippen LogP contribution in [0.15, 0.2) is 115 Å². The Morgan fingerprint density at radius 1 is 0.595 bits per heavy atom. The lowest BCUT2D eigenvalue weighted by Crippen LogP contribution is -2.41. The van der Waals surface area contributed by atoms with Gasteiger partial charge in [0.15, 0.2) is 0 Å². The molecule has 0 unspecified atom stereocenters. The van der Waals surface area contributed by atoms with Crippen LogP contribution in [0.1, 0.15) is 27.7 Å². The fraction of sp³-hybridized carbons (Fsp3) is 0.162. The summed E-state index contributed by atoms with van der Waals surface area (Å²) in [6.07, 6.45) is 0. The summed E-state index contributed by atoms with van der Waals surface area (Å²) in [6, 6.07) is 40.7. The molecule has 0 radical (unpaired) electrons. The highest BCUT2D eigenvalue weighted by molar-refractivity contribution is 6.62. The molecule has 1 fully saturated rings. The molecule has 5 heteroatoms. The summed E-state index contributed by atoms with van der Waals surface area (Å²) in [6.45, 7) is 8.38. The van der Waals surface area contributed by atoms with Crippen LogP contribution in [0.2, 0.25) is 0 Å². The second-order valence-corrected chi connectivity index (χ2v) is 12.3. The average Bonchev–Trinajstić information content (AvgIpc) is 3.46. The zero-order valence-corrected chi connectivity index (χ0v) is 24.3. The highest BCUT2D eigenvalue weighted by Crippen LogP contribution is 2.41. The van der Waals surface area contributed by atoms with Gasteiger partial charge in [0.1, 0.15) is 0 Å². The van der Waals surface area contributed by atoms with Gasteiger partial charge in [0, 0.05) is 32.8 Å². The zero-order chi connectivity index (χ0) is 28.6. The van der Waals surface area contributed by atoms with E-state index in [4.69, 9.17) is 14.3 Å². The molecule has 2 aromatic heterocycles. The zero-order valence-electron chi connectivity index (χ0n) is 24.3. The number of hydrogen-bond donors (Lipinski definition) is 0. The van der Waals surface area contributed by atoms with Gasteiger partial charge in [-0.25, -0.2) is 4.98 Å². The van der Waals surface area contributed by atoms with E-state index >= 15 is 0 Å². The summed E-state index contributed by atoms with van der Waals surface area (Å²) in [5, 5.41) is 5.84. The van der Waals surface area contributed by atoms with Gasteiger partial charge >= 0.3 is 7.12 Å². The Kier molecular flexibility index (Phi) is 5.43. The Labute approximate surface area is 245 Å². The van der Waals surface area contributed by atoms with Crippen LogP contribution in [0.4, 0.5) is 0 Å². The molecular formula is C37H31BN2O2. The summed E-state index contributed by atoms with van der Waals surface area (Å²) in [5.41, 5.74) is 6.58. The normalized spacial score (nSPS) is 16.2. The lowest BCUT2D eigenvalue weighted by atomic mass is 9.79. The van der Waals surface area contributed by atoms with Crippen LogP contribution in [-0.4, -0.2) is 27.9 Å². The number of hydrogen-bond acceptors (Lipinski definition) is 3. The van der Waals surface area contributed by atoms with Gasteiger partial charge < -0.3 is 13.9 Å². The molecule has 0 amide bonds. The van der Waals surface area contributed by atoms with Crippen molar-refractivity contribution in [2.45, 2.75) is 38.9 Å². The van der Waals surface area contributed by atoms with Crippen molar-refractivity contribution in [2.75, 3.05) is 0 Å². The van der Waals surface area contributed by atoms with Gasteiger partial charge in [-0.05, 0) is 56.7 Å². The van der Waals surface area contributed by atoms with Gasteiger partial charge in [0.25, 0.3) is 0 Å². The van der Waals surface area contributed by atoms with E-state index in [9.17, 15) is 0 Å². The summed E-state index contributed by atoms with van der Waals surface area (Å²) >= 11 is 0. The number of benzene rings is 5. The maximum atomic E-state index is 6.46. The van der Waals surface area contributed by atoms with Crippen molar-refractivity contribution >= 4 is 56.1 Å². The minimum atomic E-state index is -0.440. The maximum Gasteiger partial charge on any atom is 0.494 e. The third-order valence-corrected chi connectivity index (χ3v) is 9.21. The molecule has 42 heavy (non-hydrogen) atoms. The molecule has 0 aliphatic carbocycles. The molecule has 0 atom stereocenters. The number of fused-ring (bicyclic) bond motifs is 7. The Balaban J connectivity index is 1.48. The lowest BCUT2D eigenvalue weighted by molar-refractivity contribution is 0.00578. The number of pyridine rings is 1. The molecule has 204 valence electrons. The maximum absolute atomic E-state index is 6.46. The average molecular weight is 546 g/mol. The monoisotopic (exact) mass is 546 g/mol. The quantitative estimate of drug-likeness (QED) is 0.165. The van der Waals surface area contributed by atoms with Crippen LogP contribution >= 0.6 is 0 Å². The van der Waals surface area contributed by atoms with Gasteiger partial charge in [-0.15, -0.1) is 0 Å². The number of para-hydroxylation sites is 1. The van der Waals surface area contributed by atoms with Gasteiger partial charge in [-0.1, -0.05) is 97.1 Å². The molecule has 8 rings (SSSR count). The van der Waals surface area contributed by atoms with Crippen molar-refractivity contribution in [3.05, 3.63) is 115 Å². The van der Waals surface area contributed by atoms with E-state index in [1.807, 2.05) is 0 Å². The predicted octanol–water partition coefficient (Wildman–Crippen LogP) is 8.45. The van der Waals surface area contributed by atoms with Crippen molar-refractivity contribution in [1.29, 1.82) is 0 Å². The highest BCUT2D eigenvalue weighted by Gasteiger charge is 2.51. The van der Waals surface area contributed by atoms with E-state index < -0.39 is 18.3 Å². The molecule has 0 saturated carbocycles. The van der Waals surface area contributed by atoms with Crippen LogP contribution < -0.4 is 5.46 Å². The minimum Gasteiger partial charge on any atom is -0.399 e. The Morgan fingerprint density at radius 2 is 1.19 bits per heavy atom. The third-order valence-electron chi connectivity index (χ3n) is 9.21. The molecule has 0 spiro atoms. The van der Waals surface area contributed by atoms with Crippen LogP contribution in [0, 0.1) is 0 Å². The Bertz CT molecular complexity index is 2130. The summed E-state index contributed by atoms with van der Waals surface area (Å²) in [7, 11) is -0.440. The van der Waals surface area contributed by atoms with Crippen LogP contribution in [-0.2, 0) is 9.31 Å². The Hall–Kier alpha value is -4.45. The van der Waals surface area contributed by atoms with Gasteiger partial charge in [0.05, 0.1) is 33.4 Å². The van der Waals surface area contributed by atoms with Gasteiger partial charge in [-0.3, -0.25) is 0 Å². The number of rotatable bonds is 3. The Morgan fingerprint density at radius 3 is 1.90 bits per heavy atom. The largest absolute Gasteiger partial charge is 0.494 e. The molecule has 1 aliphatic rings. The second kappa shape index (κ2) is 9.03. The van der Waals surface area contributed by atoms with Crippen LogP contribution in [0.25, 0.3) is 60.4 Å². The SMILES string of the molecule is CC1(C)OB(c2ccc3c4ccc5c6ccccc6c(-c6ccccc6)nc5c4n(-c4ccccc4)c3c2)OC1(C)C. The van der Waals surface area contributed by atoms with E-state index in [2.05, 4.69) is 148 Å². The van der Waals surface area contributed by atoms with Crippen LogP contribution in [0.5, 0.6) is 0 Å². The molecule has 1 saturated heterocycles. The van der Waals surface area contributed by atoms with E-state index in [0.717, 1.165) is 49.7 Å². The first-order valence-corrected chi connectivity index (χ1v) is 14.6. The molecule has 1 aliphatic heterocycles. The van der Waals surface area contributed by atoms with E-state index in [1.165, 1.54) is 16.2 Å². The summed E-state index contributed by atoms with van der Waals surface area (Å²) in [4.78, 5) is 5.45. The fourth-order valence-corrected chi connectivity index (χ4v) is 6.32. The topological polar surface area (TPSA) is 36.3 Å². The highest BCUT2D eigenvalue weighted by atomic mass is 16.7. The fourth-order valence-electron chi connectivity index (χ4n) is 6.32. The molecule has 5 aromatic carbocycles. The molecule has 0 N–H and O–H groups in total. The molecule has 4 nitrogen and oxygen atoms in total. The van der Waals surface area contributed by atoms with Crippen molar-refractivity contribution in [3.8, 4) is 16.9 Å². The van der Waals surface area contributed by atoms with Crippen molar-refractivity contribution in [3.63, 3.8) is 0 Å². The first-order valence-electron chi connectivity index (χ1n) is 14.6. The molecular weight excluding hydrogens is 515 g/mol. The first-order chi connectivity index (χ1) is 20.3. The van der Waals surface area contributed by atoms with Gasteiger partial charge in [0.2, 0.25) is 0 Å². The summed E-state index contributed by atoms with van der Waals surface area (Å²) < 4.78 is 15.3. The van der Waals surface area contributed by atoms with Crippen molar-refractivity contribution < 1.29 is 9.31 Å². The van der Waals surface area contributed by atoms with Crippen molar-refractivity contribution in [2.24, 2.45) is 0 Å². The lowest BCUT2D eigenvalue weighted by Gasteiger charge is -2.32. The minimum absolute atomic E-state index is 0.409. The molecule has 3 heterocycles. The van der Waals surface area contributed by atoms with Gasteiger partial charge in [-0.2, -0.15) is 0 Å². The first kappa shape index (κ1) is 25.3. The van der Waals surface area contributed by atoms with E-state index in [-0.39, 0.29) is 0 Å². The van der Waals surface area contributed by atoms with Crippen LogP contribution in [0.3, 0.4) is 0 Å². The second-order valence-electron chi connectivity index (χ2n) is 12.3. The summed E-state index contributed by atoms with van der Waals surface area (Å²) in [5.74, 6) is 0. The standard InChI is InChI=1S/C37H31BN2O2/c1-36(2)37(3,4)42-38(41-36)25-19-20-28-31-22-21-30-27-17-11-12-18-29(27)33(24-13-7-5-8-14-24)39-34(30)35(31)40(32(28)23-25)26-15-9-6-10-16-26/h5-23H,1-4H3. The van der Waals surface area contributed by atoms with E-state index in [0.29, 0.717) is 0 Å². The number of nitrogens with zero attached hydrogens (tertiary/aromatic N) is 2. The van der Waals surface area contributed by atoms with E-state index in [1.54, 1.807) is 0 Å². The predicted molar refractivity (Wildman–Crippen MR) is 175 cm³/mol. The smallest absolute Gasteiger partial charge is 0.399 e. The molecule has 7 aromatic rings.